The van der Waals surface area contributed by atoms with Crippen molar-refractivity contribution in [3.63, 3.8) is 0 Å². The Morgan fingerprint density at radius 1 is 1.04 bits per heavy atom. The van der Waals surface area contributed by atoms with Gasteiger partial charge in [0.25, 0.3) is 0 Å². The number of amides is 2. The highest BCUT2D eigenvalue weighted by Crippen LogP contribution is 2.61. The largest absolute Gasteiger partial charge is 0.273 e. The van der Waals surface area contributed by atoms with Crippen molar-refractivity contribution in [1.29, 1.82) is 0 Å². The lowest BCUT2D eigenvalue weighted by atomic mass is 9.49. The Labute approximate surface area is 166 Å². The van der Waals surface area contributed by atoms with Crippen LogP contribution in [0.2, 0.25) is 0 Å². The summed E-state index contributed by atoms with van der Waals surface area (Å²) in [7, 11) is 0. The van der Waals surface area contributed by atoms with E-state index in [2.05, 4.69) is 36.0 Å². The SMILES string of the molecule is Cc1cccc(CSCC(=O)NNC(=O)CC23CC4CC(CC(C4)C2)C3)c1. The van der Waals surface area contributed by atoms with Gasteiger partial charge in [-0.2, -0.15) is 0 Å². The van der Waals surface area contributed by atoms with Gasteiger partial charge in [-0.3, -0.25) is 20.4 Å². The Balaban J connectivity index is 1.18. The number of hydrogen-bond acceptors (Lipinski definition) is 3. The zero-order chi connectivity index (χ0) is 18.9. The van der Waals surface area contributed by atoms with Gasteiger partial charge in [0, 0.05) is 12.2 Å². The predicted molar refractivity (Wildman–Crippen MR) is 109 cm³/mol. The van der Waals surface area contributed by atoms with Crippen LogP contribution >= 0.6 is 11.8 Å². The number of carbonyl (C=O) groups excluding carboxylic acids is 2. The van der Waals surface area contributed by atoms with E-state index in [1.54, 1.807) is 11.8 Å². The van der Waals surface area contributed by atoms with Gasteiger partial charge in [-0.05, 0) is 74.2 Å². The first-order valence-electron chi connectivity index (χ1n) is 10.2. The second-order valence-electron chi connectivity index (χ2n) is 9.17. The van der Waals surface area contributed by atoms with Crippen LogP contribution in [0, 0.1) is 30.1 Å². The van der Waals surface area contributed by atoms with Crippen molar-refractivity contribution >= 4 is 23.6 Å². The first-order chi connectivity index (χ1) is 13.0. The van der Waals surface area contributed by atoms with Crippen molar-refractivity contribution in [2.45, 2.75) is 57.6 Å². The molecule has 0 aromatic heterocycles. The van der Waals surface area contributed by atoms with Crippen LogP contribution in [0.4, 0.5) is 0 Å². The maximum Gasteiger partial charge on any atom is 0.248 e. The smallest absolute Gasteiger partial charge is 0.248 e. The van der Waals surface area contributed by atoms with Crippen molar-refractivity contribution in [2.75, 3.05) is 5.75 Å². The molecule has 4 aliphatic rings. The first kappa shape index (κ1) is 18.9. The molecule has 2 amide bonds. The summed E-state index contributed by atoms with van der Waals surface area (Å²) >= 11 is 1.57. The molecule has 0 radical (unpaired) electrons. The molecule has 0 atom stereocenters. The van der Waals surface area contributed by atoms with E-state index in [0.717, 1.165) is 23.5 Å². The fourth-order valence-corrected chi connectivity index (χ4v) is 6.91. The molecule has 0 unspecified atom stereocenters. The zero-order valence-electron chi connectivity index (χ0n) is 16.1. The molecule has 0 spiro atoms. The Hall–Kier alpha value is -1.49. The highest BCUT2D eigenvalue weighted by Gasteiger charge is 2.51. The van der Waals surface area contributed by atoms with Gasteiger partial charge in [-0.25, -0.2) is 0 Å². The van der Waals surface area contributed by atoms with Crippen molar-refractivity contribution in [3.05, 3.63) is 35.4 Å². The molecule has 4 aliphatic carbocycles. The number of thioether (sulfide) groups is 1. The van der Waals surface area contributed by atoms with E-state index < -0.39 is 0 Å². The Morgan fingerprint density at radius 2 is 1.67 bits per heavy atom. The minimum Gasteiger partial charge on any atom is -0.273 e. The highest BCUT2D eigenvalue weighted by molar-refractivity contribution is 7.99. The quantitative estimate of drug-likeness (QED) is 0.727. The molecule has 5 heteroatoms. The minimum absolute atomic E-state index is 0.0195. The normalized spacial score (nSPS) is 30.9. The average molecular weight is 387 g/mol. The van der Waals surface area contributed by atoms with E-state index in [9.17, 15) is 9.59 Å². The monoisotopic (exact) mass is 386 g/mol. The number of nitrogens with one attached hydrogen (secondary N) is 2. The van der Waals surface area contributed by atoms with Gasteiger partial charge in [0.15, 0.2) is 0 Å². The second kappa shape index (κ2) is 7.86. The molecule has 146 valence electrons. The maximum absolute atomic E-state index is 12.4. The Bertz CT molecular complexity index is 683. The van der Waals surface area contributed by atoms with E-state index >= 15 is 0 Å². The molecule has 4 bridgehead atoms. The summed E-state index contributed by atoms with van der Waals surface area (Å²) in [5.41, 5.74) is 7.93. The first-order valence-corrected chi connectivity index (χ1v) is 11.4. The van der Waals surface area contributed by atoms with Crippen LogP contribution in [0.25, 0.3) is 0 Å². The number of carbonyl (C=O) groups is 2. The summed E-state index contributed by atoms with van der Waals surface area (Å²) in [5, 5.41) is 0. The second-order valence-corrected chi connectivity index (χ2v) is 10.2. The number of rotatable bonds is 6. The lowest BCUT2D eigenvalue weighted by Gasteiger charge is -2.56. The number of hydrogen-bond donors (Lipinski definition) is 2. The summed E-state index contributed by atoms with van der Waals surface area (Å²) in [6.07, 6.45) is 8.38. The number of hydrazine groups is 1. The highest BCUT2D eigenvalue weighted by atomic mass is 32.2. The van der Waals surface area contributed by atoms with Crippen LogP contribution in [0.1, 0.15) is 56.1 Å². The molecule has 27 heavy (non-hydrogen) atoms. The maximum atomic E-state index is 12.4. The summed E-state index contributed by atoms with van der Waals surface area (Å²) < 4.78 is 0. The minimum atomic E-state index is -0.133. The average Bonchev–Trinajstić information content (AvgIpc) is 2.58. The molecule has 4 saturated carbocycles. The Kier molecular flexibility index (Phi) is 5.49. The molecule has 1 aromatic carbocycles. The van der Waals surface area contributed by atoms with Crippen LogP contribution in [0.15, 0.2) is 24.3 Å². The molecule has 5 rings (SSSR count). The topological polar surface area (TPSA) is 58.2 Å². The third kappa shape index (κ3) is 4.68. The Morgan fingerprint density at radius 3 is 2.30 bits per heavy atom. The summed E-state index contributed by atoms with van der Waals surface area (Å²) in [6.45, 7) is 2.07. The fourth-order valence-electron chi connectivity index (χ4n) is 6.13. The van der Waals surface area contributed by atoms with Crippen molar-refractivity contribution in [3.8, 4) is 0 Å². The molecular formula is C22H30N2O2S. The van der Waals surface area contributed by atoms with Gasteiger partial charge in [0.05, 0.1) is 5.75 Å². The van der Waals surface area contributed by atoms with Crippen molar-refractivity contribution < 1.29 is 9.59 Å². The van der Waals surface area contributed by atoms with E-state index in [1.165, 1.54) is 49.7 Å². The lowest BCUT2D eigenvalue weighted by Crippen LogP contribution is -2.50. The van der Waals surface area contributed by atoms with E-state index in [4.69, 9.17) is 0 Å². The predicted octanol–water partition coefficient (Wildman–Crippen LogP) is 3.98. The number of benzene rings is 1. The summed E-state index contributed by atoms with van der Waals surface area (Å²) in [4.78, 5) is 24.5. The van der Waals surface area contributed by atoms with Gasteiger partial charge in [0.2, 0.25) is 11.8 Å². The van der Waals surface area contributed by atoms with Crippen molar-refractivity contribution in [1.82, 2.24) is 10.9 Å². The molecule has 0 saturated heterocycles. The molecule has 0 heterocycles. The van der Waals surface area contributed by atoms with Gasteiger partial charge >= 0.3 is 0 Å². The molecule has 2 N–H and O–H groups in total. The van der Waals surface area contributed by atoms with E-state index in [1.807, 2.05) is 6.07 Å². The van der Waals surface area contributed by atoms with Gasteiger partial charge in [-0.1, -0.05) is 29.8 Å². The van der Waals surface area contributed by atoms with Crippen LogP contribution in [0.3, 0.4) is 0 Å². The van der Waals surface area contributed by atoms with Crippen LogP contribution in [-0.4, -0.2) is 17.6 Å². The summed E-state index contributed by atoms with van der Waals surface area (Å²) in [5.74, 6) is 3.53. The third-order valence-electron chi connectivity index (χ3n) is 6.63. The zero-order valence-corrected chi connectivity index (χ0v) is 16.9. The van der Waals surface area contributed by atoms with Gasteiger partial charge in [0.1, 0.15) is 0 Å². The standard InChI is InChI=1S/C22H30N2O2S/c1-15-3-2-4-16(5-15)13-27-14-21(26)24-23-20(25)12-22-9-17-6-18(10-22)8-19(7-17)11-22/h2-5,17-19H,6-14H2,1H3,(H,23,25)(H,24,26). The van der Waals surface area contributed by atoms with Gasteiger partial charge in [-0.15, -0.1) is 11.8 Å². The fraction of sp³-hybridized carbons (Fsp3) is 0.636. The third-order valence-corrected chi connectivity index (χ3v) is 7.63. The number of aryl methyl sites for hydroxylation is 1. The molecule has 0 aliphatic heterocycles. The molecule has 4 fully saturated rings. The lowest BCUT2D eigenvalue weighted by molar-refractivity contribution is -0.133. The van der Waals surface area contributed by atoms with Crippen molar-refractivity contribution in [2.24, 2.45) is 23.2 Å². The van der Waals surface area contributed by atoms with Crippen LogP contribution in [0.5, 0.6) is 0 Å². The van der Waals surface area contributed by atoms with Crippen LogP contribution < -0.4 is 10.9 Å². The van der Waals surface area contributed by atoms with Crippen LogP contribution in [-0.2, 0) is 15.3 Å². The molecular weight excluding hydrogens is 356 g/mol. The molecule has 4 nitrogen and oxygen atoms in total. The molecule has 1 aromatic rings. The summed E-state index contributed by atoms with van der Waals surface area (Å²) in [6, 6.07) is 8.32. The van der Waals surface area contributed by atoms with E-state index in [-0.39, 0.29) is 17.2 Å². The van der Waals surface area contributed by atoms with Gasteiger partial charge < -0.3 is 0 Å². The van der Waals surface area contributed by atoms with E-state index in [0.29, 0.717) is 12.2 Å².